The Morgan fingerprint density at radius 1 is 1.46 bits per heavy atom. The van der Waals surface area contributed by atoms with Crippen molar-refractivity contribution in [1.82, 2.24) is 5.32 Å². The fourth-order valence-corrected chi connectivity index (χ4v) is 1.81. The van der Waals surface area contributed by atoms with Crippen molar-refractivity contribution in [2.75, 3.05) is 13.2 Å². The molecule has 0 aliphatic carbocycles. The fourth-order valence-electron chi connectivity index (χ4n) is 1.81. The van der Waals surface area contributed by atoms with Crippen molar-refractivity contribution in [3.63, 3.8) is 0 Å². The lowest BCUT2D eigenvalue weighted by Gasteiger charge is -2.25. The Morgan fingerprint density at radius 2 is 2.31 bits per heavy atom. The topological polar surface area (TPSA) is 52.5 Å². The van der Waals surface area contributed by atoms with Crippen molar-refractivity contribution >= 4 is 0 Å². The third-order valence-electron chi connectivity index (χ3n) is 2.54. The van der Waals surface area contributed by atoms with E-state index < -0.39 is 0 Å². The van der Waals surface area contributed by atoms with Gasteiger partial charge in [-0.05, 0) is 11.6 Å². The van der Waals surface area contributed by atoms with Gasteiger partial charge in [-0.15, -0.1) is 0 Å². The van der Waals surface area contributed by atoms with Gasteiger partial charge in [0.2, 0.25) is 0 Å². The minimum absolute atomic E-state index is 0.121. The molecule has 1 aliphatic rings. The smallest absolute Gasteiger partial charge is 0.120 e. The number of hydrogen-bond donors (Lipinski definition) is 3. The maximum Gasteiger partial charge on any atom is 0.120 e. The van der Waals surface area contributed by atoms with Crippen LogP contribution >= 0.6 is 0 Å². The van der Waals surface area contributed by atoms with Crippen LogP contribution in [0.4, 0.5) is 0 Å². The first kappa shape index (κ1) is 8.53. The summed E-state index contributed by atoms with van der Waals surface area (Å²) in [7, 11) is 0. The van der Waals surface area contributed by atoms with Crippen LogP contribution in [0.15, 0.2) is 18.2 Å². The summed E-state index contributed by atoms with van der Waals surface area (Å²) in [6.45, 7) is 1.61. The highest BCUT2D eigenvalue weighted by Gasteiger charge is 2.20. The van der Waals surface area contributed by atoms with Crippen LogP contribution in [0.5, 0.6) is 5.75 Å². The van der Waals surface area contributed by atoms with Gasteiger partial charge in [0.25, 0.3) is 0 Å². The molecule has 1 aliphatic heterocycles. The van der Waals surface area contributed by atoms with Crippen LogP contribution in [0.1, 0.15) is 17.0 Å². The molecule has 0 saturated heterocycles. The number of aliphatic hydroxyl groups is 1. The number of aromatic hydroxyl groups is 1. The Morgan fingerprint density at radius 3 is 3.08 bits per heavy atom. The minimum atomic E-state index is 0.121. The van der Waals surface area contributed by atoms with E-state index in [1.54, 1.807) is 6.07 Å². The Kier molecular flexibility index (Phi) is 2.20. The van der Waals surface area contributed by atoms with Crippen LogP contribution in [0.25, 0.3) is 0 Å². The first-order chi connectivity index (χ1) is 6.33. The van der Waals surface area contributed by atoms with E-state index in [-0.39, 0.29) is 12.5 Å². The Labute approximate surface area is 77.0 Å². The average molecular weight is 179 g/mol. The van der Waals surface area contributed by atoms with E-state index in [0.717, 1.165) is 17.7 Å². The number of benzene rings is 1. The van der Waals surface area contributed by atoms with Crippen LogP contribution in [0, 0.1) is 0 Å². The first-order valence-corrected chi connectivity index (χ1v) is 4.45. The zero-order valence-electron chi connectivity index (χ0n) is 7.33. The molecule has 1 aromatic carbocycles. The van der Waals surface area contributed by atoms with Crippen molar-refractivity contribution < 1.29 is 10.2 Å². The predicted molar refractivity (Wildman–Crippen MR) is 49.6 cm³/mol. The molecule has 0 spiro atoms. The van der Waals surface area contributed by atoms with Crippen LogP contribution in [0.2, 0.25) is 0 Å². The second-order valence-electron chi connectivity index (χ2n) is 3.36. The largest absolute Gasteiger partial charge is 0.508 e. The normalized spacial score (nSPS) is 21.2. The molecule has 2 rings (SSSR count). The number of fused-ring (bicyclic) bond motifs is 1. The molecule has 1 aromatic rings. The standard InChI is InChI=1S/C10H13NO2/c12-6-7-4-11-5-9-8(7)2-1-3-10(9)13/h1-3,7,11-13H,4-6H2. The highest BCUT2D eigenvalue weighted by atomic mass is 16.3. The number of rotatable bonds is 1. The maximum absolute atomic E-state index is 9.55. The predicted octanol–water partition coefficient (Wildman–Crippen LogP) is 0.571. The molecule has 3 heteroatoms. The van der Waals surface area contributed by atoms with Crippen LogP contribution in [0.3, 0.4) is 0 Å². The zero-order valence-corrected chi connectivity index (χ0v) is 7.33. The molecule has 0 aromatic heterocycles. The van der Waals surface area contributed by atoms with E-state index in [4.69, 9.17) is 5.11 Å². The van der Waals surface area contributed by atoms with Gasteiger partial charge < -0.3 is 15.5 Å². The number of phenols is 1. The number of hydrogen-bond acceptors (Lipinski definition) is 3. The average Bonchev–Trinajstić information content (AvgIpc) is 2.18. The van der Waals surface area contributed by atoms with E-state index in [1.165, 1.54) is 0 Å². The van der Waals surface area contributed by atoms with Crippen molar-refractivity contribution in [3.8, 4) is 5.75 Å². The van der Waals surface area contributed by atoms with Gasteiger partial charge in [-0.1, -0.05) is 12.1 Å². The highest BCUT2D eigenvalue weighted by molar-refractivity contribution is 5.42. The van der Waals surface area contributed by atoms with Gasteiger partial charge in [0.1, 0.15) is 5.75 Å². The molecular formula is C10H13NO2. The Hall–Kier alpha value is -1.06. The van der Waals surface area contributed by atoms with E-state index >= 15 is 0 Å². The van der Waals surface area contributed by atoms with Gasteiger partial charge in [0.15, 0.2) is 0 Å². The lowest BCUT2D eigenvalue weighted by Crippen LogP contribution is -2.29. The molecule has 3 N–H and O–H groups in total. The molecule has 0 amide bonds. The molecule has 1 unspecified atom stereocenters. The molecule has 70 valence electrons. The summed E-state index contributed by atoms with van der Waals surface area (Å²) < 4.78 is 0. The number of aliphatic hydroxyl groups excluding tert-OH is 1. The van der Waals surface area contributed by atoms with E-state index in [1.807, 2.05) is 12.1 Å². The molecular weight excluding hydrogens is 166 g/mol. The summed E-state index contributed by atoms with van der Waals surface area (Å²) in [5.74, 6) is 0.444. The van der Waals surface area contributed by atoms with Crippen molar-refractivity contribution in [3.05, 3.63) is 29.3 Å². The highest BCUT2D eigenvalue weighted by Crippen LogP contribution is 2.29. The summed E-state index contributed by atoms with van der Waals surface area (Å²) in [6, 6.07) is 5.47. The lowest BCUT2D eigenvalue weighted by molar-refractivity contribution is 0.255. The van der Waals surface area contributed by atoms with Gasteiger partial charge in [-0.3, -0.25) is 0 Å². The van der Waals surface area contributed by atoms with E-state index in [2.05, 4.69) is 5.32 Å². The molecule has 0 bridgehead atoms. The second kappa shape index (κ2) is 3.36. The molecule has 1 atom stereocenters. The molecule has 3 nitrogen and oxygen atoms in total. The van der Waals surface area contributed by atoms with Crippen LogP contribution in [-0.2, 0) is 6.54 Å². The lowest BCUT2D eigenvalue weighted by atomic mass is 9.91. The summed E-state index contributed by atoms with van der Waals surface area (Å²) >= 11 is 0. The van der Waals surface area contributed by atoms with Crippen molar-refractivity contribution in [1.29, 1.82) is 0 Å². The van der Waals surface area contributed by atoms with Gasteiger partial charge in [-0.25, -0.2) is 0 Å². The van der Waals surface area contributed by atoms with Crippen LogP contribution < -0.4 is 5.32 Å². The maximum atomic E-state index is 9.55. The molecule has 0 radical (unpaired) electrons. The second-order valence-corrected chi connectivity index (χ2v) is 3.36. The first-order valence-electron chi connectivity index (χ1n) is 4.45. The zero-order chi connectivity index (χ0) is 9.26. The van der Waals surface area contributed by atoms with E-state index in [0.29, 0.717) is 12.3 Å². The molecule has 1 heterocycles. The third-order valence-corrected chi connectivity index (χ3v) is 2.54. The quantitative estimate of drug-likeness (QED) is 0.591. The van der Waals surface area contributed by atoms with Crippen molar-refractivity contribution in [2.45, 2.75) is 12.5 Å². The van der Waals surface area contributed by atoms with Gasteiger partial charge in [0.05, 0.1) is 6.61 Å². The summed E-state index contributed by atoms with van der Waals surface area (Å²) in [6.07, 6.45) is 0. The summed E-state index contributed by atoms with van der Waals surface area (Å²) in [5.41, 5.74) is 1.99. The molecule has 0 saturated carbocycles. The third kappa shape index (κ3) is 1.41. The summed E-state index contributed by atoms with van der Waals surface area (Å²) in [5, 5.41) is 21.8. The number of nitrogens with one attached hydrogen (secondary N) is 1. The van der Waals surface area contributed by atoms with E-state index in [9.17, 15) is 5.11 Å². The number of phenolic OH excluding ortho intramolecular Hbond substituents is 1. The Balaban J connectivity index is 2.45. The van der Waals surface area contributed by atoms with Gasteiger partial charge in [0, 0.05) is 24.6 Å². The van der Waals surface area contributed by atoms with Crippen molar-refractivity contribution in [2.24, 2.45) is 0 Å². The molecule has 0 fully saturated rings. The summed E-state index contributed by atoms with van der Waals surface area (Å²) in [4.78, 5) is 0. The monoisotopic (exact) mass is 179 g/mol. The van der Waals surface area contributed by atoms with Gasteiger partial charge >= 0.3 is 0 Å². The van der Waals surface area contributed by atoms with Gasteiger partial charge in [-0.2, -0.15) is 0 Å². The molecule has 13 heavy (non-hydrogen) atoms. The minimum Gasteiger partial charge on any atom is -0.508 e. The van der Waals surface area contributed by atoms with Crippen LogP contribution in [-0.4, -0.2) is 23.4 Å². The Bertz CT molecular complexity index is 312. The fraction of sp³-hybridized carbons (Fsp3) is 0.400. The SMILES string of the molecule is OCC1CNCc2c(O)cccc21.